The number of benzene rings is 2. The van der Waals surface area contributed by atoms with E-state index in [1.165, 1.54) is 17.7 Å². The fourth-order valence-electron chi connectivity index (χ4n) is 2.86. The van der Waals surface area contributed by atoms with Crippen molar-refractivity contribution in [2.75, 3.05) is 12.9 Å². The molecule has 1 unspecified atom stereocenters. The smallest absolute Gasteiger partial charge is 0.175 e. The zero-order valence-electron chi connectivity index (χ0n) is 15.2. The molecule has 0 aromatic heterocycles. The van der Waals surface area contributed by atoms with E-state index in [9.17, 15) is 18.6 Å². The zero-order chi connectivity index (χ0) is 19.2. The number of sulfone groups is 1. The Morgan fingerprint density at radius 3 is 2.19 bits per heavy atom. The summed E-state index contributed by atoms with van der Waals surface area (Å²) in [4.78, 5) is 0.207. The summed E-state index contributed by atoms with van der Waals surface area (Å²) >= 11 is 0. The van der Waals surface area contributed by atoms with E-state index in [-0.39, 0.29) is 17.5 Å². The fraction of sp³-hybridized carbons (Fsp3) is 0.400. The molecule has 0 fully saturated rings. The van der Waals surface area contributed by atoms with Crippen LogP contribution in [-0.2, 0) is 16.3 Å². The lowest BCUT2D eigenvalue weighted by atomic mass is 10.0. The maximum Gasteiger partial charge on any atom is 0.175 e. The van der Waals surface area contributed by atoms with Crippen LogP contribution in [0.3, 0.4) is 0 Å². The number of rotatable bonds is 9. The predicted octanol–water partition coefficient (Wildman–Crippen LogP) is 2.10. The van der Waals surface area contributed by atoms with Gasteiger partial charge in [-0.25, -0.2) is 8.42 Å². The molecule has 142 valence electrons. The Morgan fingerprint density at radius 1 is 1.04 bits per heavy atom. The molecule has 0 amide bonds. The van der Waals surface area contributed by atoms with Crippen molar-refractivity contribution in [3.8, 4) is 0 Å². The van der Waals surface area contributed by atoms with Gasteiger partial charge in [-0.2, -0.15) is 0 Å². The maximum atomic E-state index is 11.5. The van der Waals surface area contributed by atoms with E-state index >= 15 is 0 Å². The number of aliphatic hydroxyl groups excluding tert-OH is 2. The highest BCUT2D eigenvalue weighted by atomic mass is 32.2. The van der Waals surface area contributed by atoms with E-state index in [0.29, 0.717) is 5.56 Å². The summed E-state index contributed by atoms with van der Waals surface area (Å²) in [5, 5.41) is 23.5. The number of nitrogens with one attached hydrogen (secondary N) is 1. The summed E-state index contributed by atoms with van der Waals surface area (Å²) in [5.41, 5.74) is 1.82. The molecule has 6 heteroatoms. The topological polar surface area (TPSA) is 86.6 Å². The average Bonchev–Trinajstić information content (AvgIpc) is 2.64. The number of aryl methyl sites for hydroxylation is 1. The Morgan fingerprint density at radius 2 is 1.65 bits per heavy atom. The van der Waals surface area contributed by atoms with Crippen LogP contribution in [0, 0.1) is 0 Å². The Kier molecular flexibility index (Phi) is 7.34. The molecular weight excluding hydrogens is 350 g/mol. The zero-order valence-corrected chi connectivity index (χ0v) is 16.0. The van der Waals surface area contributed by atoms with Crippen LogP contribution in [-0.4, -0.2) is 43.6 Å². The third-order valence-corrected chi connectivity index (χ3v) is 5.56. The van der Waals surface area contributed by atoms with Gasteiger partial charge >= 0.3 is 0 Å². The summed E-state index contributed by atoms with van der Waals surface area (Å²) in [6.45, 7) is 1.80. The molecule has 26 heavy (non-hydrogen) atoms. The van der Waals surface area contributed by atoms with Gasteiger partial charge in [-0.1, -0.05) is 42.5 Å². The molecule has 5 nitrogen and oxygen atoms in total. The van der Waals surface area contributed by atoms with E-state index in [2.05, 4.69) is 17.4 Å². The molecule has 2 rings (SSSR count). The molecule has 0 spiro atoms. The van der Waals surface area contributed by atoms with E-state index in [1.54, 1.807) is 12.1 Å². The molecule has 0 aliphatic heterocycles. The summed E-state index contributed by atoms with van der Waals surface area (Å²) in [7, 11) is -3.27. The van der Waals surface area contributed by atoms with Gasteiger partial charge in [0.05, 0.1) is 23.6 Å². The molecule has 2 aromatic rings. The average molecular weight is 378 g/mol. The number of hydrogen-bond donors (Lipinski definition) is 3. The van der Waals surface area contributed by atoms with Crippen molar-refractivity contribution in [1.29, 1.82) is 0 Å². The lowest BCUT2D eigenvalue weighted by molar-refractivity contribution is 0.0838. The van der Waals surface area contributed by atoms with Gasteiger partial charge in [0.1, 0.15) is 0 Å². The summed E-state index contributed by atoms with van der Waals surface area (Å²) in [5.74, 6) is 0. The molecule has 0 saturated carbocycles. The van der Waals surface area contributed by atoms with E-state index in [0.717, 1.165) is 19.1 Å². The van der Waals surface area contributed by atoms with Crippen LogP contribution in [0.25, 0.3) is 0 Å². The minimum Gasteiger partial charge on any atom is -0.395 e. The van der Waals surface area contributed by atoms with Crippen LogP contribution in [0.4, 0.5) is 0 Å². The van der Waals surface area contributed by atoms with Crippen LogP contribution in [0.5, 0.6) is 0 Å². The third-order valence-electron chi connectivity index (χ3n) is 4.44. The maximum absolute atomic E-state index is 11.5. The van der Waals surface area contributed by atoms with E-state index in [1.807, 2.05) is 25.1 Å². The Hall–Kier alpha value is -1.73. The van der Waals surface area contributed by atoms with Gasteiger partial charge in [-0.15, -0.1) is 0 Å². The van der Waals surface area contributed by atoms with Crippen molar-refractivity contribution < 1.29 is 18.6 Å². The van der Waals surface area contributed by atoms with Crippen LogP contribution in [0.15, 0.2) is 59.5 Å². The second-order valence-corrected chi connectivity index (χ2v) is 8.68. The monoisotopic (exact) mass is 377 g/mol. The molecule has 0 aliphatic rings. The van der Waals surface area contributed by atoms with Crippen molar-refractivity contribution in [1.82, 2.24) is 5.32 Å². The number of aliphatic hydroxyl groups is 2. The first-order chi connectivity index (χ1) is 12.3. The largest absolute Gasteiger partial charge is 0.395 e. The van der Waals surface area contributed by atoms with Gasteiger partial charge in [0.25, 0.3) is 0 Å². The molecule has 0 radical (unpaired) electrons. The summed E-state index contributed by atoms with van der Waals surface area (Å²) < 4.78 is 23.0. The molecule has 0 saturated heterocycles. The predicted molar refractivity (Wildman–Crippen MR) is 103 cm³/mol. The summed E-state index contributed by atoms with van der Waals surface area (Å²) in [6.07, 6.45) is 2.00. The van der Waals surface area contributed by atoms with E-state index in [4.69, 9.17) is 0 Å². The Bertz CT molecular complexity index is 775. The minimum atomic E-state index is -3.27. The van der Waals surface area contributed by atoms with Crippen molar-refractivity contribution in [2.45, 2.75) is 42.8 Å². The molecule has 0 aliphatic carbocycles. The normalized spacial score (nSPS) is 15.4. The molecule has 3 N–H and O–H groups in total. The lowest BCUT2D eigenvalue weighted by Crippen LogP contribution is -2.43. The van der Waals surface area contributed by atoms with Crippen molar-refractivity contribution in [3.63, 3.8) is 0 Å². The van der Waals surface area contributed by atoms with Gasteiger partial charge in [0.15, 0.2) is 9.84 Å². The Labute approximate surface area is 155 Å². The standard InChI is InChI=1S/C20H27NO4S/c1-15(8-9-16-6-4-3-5-7-16)21-19(14-22)20(23)17-10-12-18(13-11-17)26(2,24)25/h3-7,10-13,15,19-23H,8-9,14H2,1-2H3/t15?,19-,20-/m0/s1. The second-order valence-electron chi connectivity index (χ2n) is 6.67. The second kappa shape index (κ2) is 9.28. The van der Waals surface area contributed by atoms with E-state index < -0.39 is 22.0 Å². The van der Waals surface area contributed by atoms with Crippen LogP contribution in [0.2, 0.25) is 0 Å². The van der Waals surface area contributed by atoms with Gasteiger partial charge < -0.3 is 15.5 Å². The van der Waals surface area contributed by atoms with Crippen LogP contribution in [0.1, 0.15) is 30.6 Å². The highest BCUT2D eigenvalue weighted by molar-refractivity contribution is 7.90. The molecular formula is C20H27NO4S. The van der Waals surface area contributed by atoms with Crippen molar-refractivity contribution in [2.24, 2.45) is 0 Å². The number of hydrogen-bond acceptors (Lipinski definition) is 5. The van der Waals surface area contributed by atoms with Gasteiger partial charge in [0.2, 0.25) is 0 Å². The molecule has 0 heterocycles. The first-order valence-corrected chi connectivity index (χ1v) is 10.6. The van der Waals surface area contributed by atoms with Crippen LogP contribution < -0.4 is 5.32 Å². The van der Waals surface area contributed by atoms with Gasteiger partial charge in [0, 0.05) is 12.3 Å². The molecule has 3 atom stereocenters. The highest BCUT2D eigenvalue weighted by Crippen LogP contribution is 2.20. The highest BCUT2D eigenvalue weighted by Gasteiger charge is 2.22. The summed E-state index contributed by atoms with van der Waals surface area (Å²) in [6, 6.07) is 15.9. The first-order valence-electron chi connectivity index (χ1n) is 8.70. The van der Waals surface area contributed by atoms with Gasteiger partial charge in [-0.05, 0) is 43.0 Å². The van der Waals surface area contributed by atoms with Crippen molar-refractivity contribution in [3.05, 3.63) is 65.7 Å². The first kappa shape index (κ1) is 20.6. The quantitative estimate of drug-likeness (QED) is 0.623. The van der Waals surface area contributed by atoms with Gasteiger partial charge in [-0.3, -0.25) is 0 Å². The van der Waals surface area contributed by atoms with Crippen molar-refractivity contribution >= 4 is 9.84 Å². The lowest BCUT2D eigenvalue weighted by Gasteiger charge is -2.26. The Balaban J connectivity index is 1.96. The molecule has 0 bridgehead atoms. The molecule has 2 aromatic carbocycles. The third kappa shape index (κ3) is 5.92. The SMILES string of the molecule is CC(CCc1ccccc1)N[C@@H](CO)[C@@H](O)c1ccc(S(C)(=O)=O)cc1. The fourth-order valence-corrected chi connectivity index (χ4v) is 3.50. The minimum absolute atomic E-state index is 0.109. The van der Waals surface area contributed by atoms with Crippen LogP contribution >= 0.6 is 0 Å².